The topological polar surface area (TPSA) is 80.9 Å². The van der Waals surface area contributed by atoms with Crippen molar-refractivity contribution < 1.29 is 4.79 Å². The largest absolute Gasteiger partial charge is 0.330 e. The highest BCUT2D eigenvalue weighted by Crippen LogP contribution is 2.28. The number of nitrogens with two attached hydrogens (primary N) is 1. The normalized spacial score (nSPS) is 10.5. The van der Waals surface area contributed by atoms with Crippen molar-refractivity contribution in [2.45, 2.75) is 64.7 Å². The Morgan fingerprint density at radius 1 is 1.19 bits per heavy atom. The fourth-order valence-electron chi connectivity index (χ4n) is 2.05. The number of nitrogens with zero attached hydrogens (tertiary/aromatic N) is 2. The van der Waals surface area contributed by atoms with Crippen molar-refractivity contribution in [1.29, 1.82) is 0 Å². The van der Waals surface area contributed by atoms with E-state index in [2.05, 4.69) is 29.4 Å². The molecular weight excluding hydrogens is 308 g/mol. The number of carbonyl (C=O) groups excluding carboxylic acids is 1. The van der Waals surface area contributed by atoms with Crippen LogP contribution in [0.5, 0.6) is 0 Å². The van der Waals surface area contributed by atoms with Crippen molar-refractivity contribution in [3.63, 3.8) is 0 Å². The summed E-state index contributed by atoms with van der Waals surface area (Å²) in [5.41, 5.74) is 5.43. The molecule has 0 radical (unpaired) electrons. The van der Waals surface area contributed by atoms with Gasteiger partial charge in [0.05, 0.1) is 0 Å². The number of amides is 1. The third-order valence-corrected chi connectivity index (χ3v) is 4.38. The van der Waals surface area contributed by atoms with Crippen molar-refractivity contribution >= 4 is 34.8 Å². The molecular formula is C14H27ClN4OS. The zero-order chi connectivity index (χ0) is 14.8. The lowest BCUT2D eigenvalue weighted by atomic mass is 10.1. The molecule has 0 spiro atoms. The van der Waals surface area contributed by atoms with Crippen LogP contribution >= 0.6 is 23.7 Å². The molecule has 1 heterocycles. The molecule has 0 saturated heterocycles. The van der Waals surface area contributed by atoms with E-state index in [4.69, 9.17) is 5.73 Å². The number of halogens is 1. The minimum atomic E-state index is 0. The summed E-state index contributed by atoms with van der Waals surface area (Å²) in [6, 6.07) is 0. The number of hydrogen-bond donors (Lipinski definition) is 2. The average Bonchev–Trinajstić information content (AvgIpc) is 2.88. The van der Waals surface area contributed by atoms with Crippen LogP contribution < -0.4 is 11.1 Å². The molecule has 0 aliphatic rings. The van der Waals surface area contributed by atoms with E-state index in [9.17, 15) is 4.79 Å². The van der Waals surface area contributed by atoms with Gasteiger partial charge in [-0.2, -0.15) is 0 Å². The Morgan fingerprint density at radius 3 is 2.48 bits per heavy atom. The predicted octanol–water partition coefficient (Wildman–Crippen LogP) is 3.71. The summed E-state index contributed by atoms with van der Waals surface area (Å²) in [6.45, 7) is 5.03. The van der Waals surface area contributed by atoms with Gasteiger partial charge in [0, 0.05) is 12.3 Å². The second kappa shape index (κ2) is 11.9. The molecule has 122 valence electrons. The number of nitrogens with one attached hydrogen (secondary N) is 1. The fourth-order valence-corrected chi connectivity index (χ4v) is 3.08. The Balaban J connectivity index is 0.00000400. The summed E-state index contributed by atoms with van der Waals surface area (Å²) in [4.78, 5) is 11.8. The van der Waals surface area contributed by atoms with Crippen molar-refractivity contribution in [3.05, 3.63) is 5.01 Å². The highest BCUT2D eigenvalue weighted by Gasteiger charge is 2.14. The first-order valence-electron chi connectivity index (χ1n) is 7.54. The molecule has 1 rings (SSSR count). The highest BCUT2D eigenvalue weighted by atomic mass is 35.5. The fraction of sp³-hybridized carbons (Fsp3) is 0.786. The summed E-state index contributed by atoms with van der Waals surface area (Å²) < 4.78 is 0. The third-order valence-electron chi connectivity index (χ3n) is 3.38. The maximum Gasteiger partial charge on any atom is 0.226 e. The molecule has 0 atom stereocenters. The number of aromatic nitrogens is 2. The van der Waals surface area contributed by atoms with E-state index in [1.807, 2.05) is 0 Å². The monoisotopic (exact) mass is 334 g/mol. The van der Waals surface area contributed by atoms with Crippen LogP contribution in [0.1, 0.15) is 69.7 Å². The number of rotatable bonds is 10. The van der Waals surface area contributed by atoms with Crippen molar-refractivity contribution in [3.8, 4) is 0 Å². The minimum Gasteiger partial charge on any atom is -0.330 e. The van der Waals surface area contributed by atoms with Crippen LogP contribution in [0.3, 0.4) is 0 Å². The summed E-state index contributed by atoms with van der Waals surface area (Å²) in [5.74, 6) is 0.486. The number of unbranched alkanes of at least 4 members (excludes halogenated alkanes) is 3. The molecule has 0 aromatic carbocycles. The van der Waals surface area contributed by atoms with Crippen molar-refractivity contribution in [2.24, 2.45) is 5.73 Å². The molecule has 3 N–H and O–H groups in total. The van der Waals surface area contributed by atoms with Crippen molar-refractivity contribution in [1.82, 2.24) is 10.2 Å². The second-order valence-electron chi connectivity index (χ2n) is 4.96. The summed E-state index contributed by atoms with van der Waals surface area (Å²) in [5, 5.41) is 12.7. The van der Waals surface area contributed by atoms with Gasteiger partial charge in [0.2, 0.25) is 11.0 Å². The quantitative estimate of drug-likeness (QED) is 0.639. The average molecular weight is 335 g/mol. The smallest absolute Gasteiger partial charge is 0.226 e. The van der Waals surface area contributed by atoms with Crippen LogP contribution in [0.25, 0.3) is 0 Å². The summed E-state index contributed by atoms with van der Waals surface area (Å²) >= 11 is 1.50. The van der Waals surface area contributed by atoms with Crippen molar-refractivity contribution in [2.75, 3.05) is 11.9 Å². The van der Waals surface area contributed by atoms with Crippen LogP contribution in [-0.2, 0) is 4.79 Å². The van der Waals surface area contributed by atoms with Gasteiger partial charge in [0.1, 0.15) is 5.01 Å². The van der Waals surface area contributed by atoms with E-state index >= 15 is 0 Å². The Bertz CT molecular complexity index is 396. The lowest BCUT2D eigenvalue weighted by Crippen LogP contribution is -2.10. The summed E-state index contributed by atoms with van der Waals surface area (Å²) in [7, 11) is 0. The molecule has 0 unspecified atom stereocenters. The van der Waals surface area contributed by atoms with Gasteiger partial charge in [-0.1, -0.05) is 38.0 Å². The van der Waals surface area contributed by atoms with Gasteiger partial charge in [-0.3, -0.25) is 4.79 Å². The molecule has 1 aromatic heterocycles. The lowest BCUT2D eigenvalue weighted by Gasteiger charge is -2.05. The standard InChI is InChI=1S/C14H26N4OS.ClH/c1-3-11(4-2)13-17-18-14(20-13)16-12(19)9-7-5-6-8-10-15;/h11H,3-10,15H2,1-2H3,(H,16,18,19);1H. The van der Waals surface area contributed by atoms with Crippen LogP contribution in [0.4, 0.5) is 5.13 Å². The Hall–Kier alpha value is -0.720. The van der Waals surface area contributed by atoms with Gasteiger partial charge in [-0.05, 0) is 32.2 Å². The molecule has 1 amide bonds. The van der Waals surface area contributed by atoms with Gasteiger partial charge in [-0.25, -0.2) is 0 Å². The van der Waals surface area contributed by atoms with Crippen LogP contribution in [0.15, 0.2) is 0 Å². The van der Waals surface area contributed by atoms with Gasteiger partial charge >= 0.3 is 0 Å². The van der Waals surface area contributed by atoms with E-state index in [-0.39, 0.29) is 18.3 Å². The maximum absolute atomic E-state index is 11.8. The third kappa shape index (κ3) is 7.74. The van der Waals surface area contributed by atoms with E-state index in [1.54, 1.807) is 0 Å². The number of anilines is 1. The molecule has 1 aromatic rings. The SMILES string of the molecule is CCC(CC)c1nnc(NC(=O)CCCCCCN)s1.Cl. The molecule has 0 fully saturated rings. The molecule has 5 nitrogen and oxygen atoms in total. The molecule has 0 aliphatic carbocycles. The second-order valence-corrected chi connectivity index (χ2v) is 5.97. The molecule has 0 saturated carbocycles. The van der Waals surface area contributed by atoms with Gasteiger partial charge in [0.25, 0.3) is 0 Å². The maximum atomic E-state index is 11.8. The van der Waals surface area contributed by atoms with Crippen LogP contribution in [0.2, 0.25) is 0 Å². The first-order valence-corrected chi connectivity index (χ1v) is 8.36. The van der Waals surface area contributed by atoms with Crippen LogP contribution in [-0.4, -0.2) is 22.6 Å². The van der Waals surface area contributed by atoms with Gasteiger partial charge in [-0.15, -0.1) is 22.6 Å². The molecule has 7 heteroatoms. The lowest BCUT2D eigenvalue weighted by molar-refractivity contribution is -0.116. The molecule has 0 bridgehead atoms. The Morgan fingerprint density at radius 2 is 1.86 bits per heavy atom. The van der Waals surface area contributed by atoms with Crippen LogP contribution in [0, 0.1) is 0 Å². The Kier molecular flexibility index (Phi) is 11.5. The zero-order valence-corrected chi connectivity index (χ0v) is 14.6. The van der Waals surface area contributed by atoms with Gasteiger partial charge in [0.15, 0.2) is 0 Å². The van der Waals surface area contributed by atoms with E-state index in [1.165, 1.54) is 11.3 Å². The zero-order valence-electron chi connectivity index (χ0n) is 12.9. The number of hydrogen-bond acceptors (Lipinski definition) is 5. The Labute approximate surface area is 137 Å². The number of carbonyl (C=O) groups is 1. The first-order chi connectivity index (χ1) is 9.71. The van der Waals surface area contributed by atoms with E-state index in [0.29, 0.717) is 17.5 Å². The van der Waals surface area contributed by atoms with Gasteiger partial charge < -0.3 is 11.1 Å². The minimum absolute atomic E-state index is 0. The predicted molar refractivity (Wildman–Crippen MR) is 91.2 cm³/mol. The molecule has 0 aliphatic heterocycles. The first kappa shape index (κ1) is 20.3. The van der Waals surface area contributed by atoms with E-state index in [0.717, 1.165) is 50.1 Å². The summed E-state index contributed by atoms with van der Waals surface area (Å²) in [6.07, 6.45) is 6.76. The highest BCUT2D eigenvalue weighted by molar-refractivity contribution is 7.15. The molecule has 21 heavy (non-hydrogen) atoms. The van der Waals surface area contributed by atoms with E-state index < -0.39 is 0 Å².